The molecular weight excluding hydrogens is 86.1 g/mol. The van der Waals surface area contributed by atoms with Gasteiger partial charge in [0.2, 0.25) is 0 Å². The molecule has 0 amide bonds. The molecule has 0 bridgehead atoms. The van der Waals surface area contributed by atoms with Crippen molar-refractivity contribution in [3.05, 3.63) is 0 Å². The SMILES string of the molecule is NC1(N)NS1. The van der Waals surface area contributed by atoms with Crippen molar-refractivity contribution in [1.82, 2.24) is 4.72 Å². The summed E-state index contributed by atoms with van der Waals surface area (Å²) < 4.78 is 2.65. The van der Waals surface area contributed by atoms with Crippen LogP contribution in [-0.4, -0.2) is 5.12 Å². The molecule has 3 nitrogen and oxygen atoms in total. The first-order valence-electron chi connectivity index (χ1n) is 1.24. The van der Waals surface area contributed by atoms with Crippen LogP contribution in [0.4, 0.5) is 0 Å². The molecule has 1 saturated heterocycles. The predicted octanol–water partition coefficient (Wildman–Crippen LogP) is -1.23. The summed E-state index contributed by atoms with van der Waals surface area (Å²) in [6, 6.07) is 0. The minimum atomic E-state index is -0.583. The minimum absolute atomic E-state index is 0.583. The van der Waals surface area contributed by atoms with E-state index in [9.17, 15) is 0 Å². The van der Waals surface area contributed by atoms with Crippen LogP contribution in [-0.2, 0) is 0 Å². The van der Waals surface area contributed by atoms with Gasteiger partial charge in [0.25, 0.3) is 0 Å². The van der Waals surface area contributed by atoms with Crippen LogP contribution in [0, 0.1) is 0 Å². The molecule has 1 aliphatic heterocycles. The van der Waals surface area contributed by atoms with E-state index < -0.39 is 5.12 Å². The highest BCUT2D eigenvalue weighted by Gasteiger charge is 2.33. The Morgan fingerprint density at radius 1 is 1.60 bits per heavy atom. The van der Waals surface area contributed by atoms with Crippen molar-refractivity contribution in [3.63, 3.8) is 0 Å². The van der Waals surface area contributed by atoms with E-state index in [4.69, 9.17) is 11.5 Å². The lowest BCUT2D eigenvalue weighted by atomic mass is 11.0. The highest BCUT2D eigenvalue weighted by Crippen LogP contribution is 2.22. The van der Waals surface area contributed by atoms with Gasteiger partial charge in [0, 0.05) is 0 Å². The first-order chi connectivity index (χ1) is 2.21. The third kappa shape index (κ3) is 0.769. The van der Waals surface area contributed by atoms with Gasteiger partial charge in [0.15, 0.2) is 5.12 Å². The lowest BCUT2D eigenvalue weighted by molar-refractivity contribution is 0.726. The second kappa shape index (κ2) is 0.652. The molecule has 0 aliphatic carbocycles. The van der Waals surface area contributed by atoms with Crippen molar-refractivity contribution in [2.45, 2.75) is 5.12 Å². The highest BCUT2D eigenvalue weighted by molar-refractivity contribution is 8.05. The van der Waals surface area contributed by atoms with Crippen LogP contribution in [0.3, 0.4) is 0 Å². The Bertz CT molecular complexity index is 44.9. The molecule has 4 heteroatoms. The van der Waals surface area contributed by atoms with Crippen molar-refractivity contribution in [2.24, 2.45) is 11.5 Å². The van der Waals surface area contributed by atoms with E-state index in [0.29, 0.717) is 0 Å². The van der Waals surface area contributed by atoms with Gasteiger partial charge in [-0.15, -0.1) is 0 Å². The van der Waals surface area contributed by atoms with E-state index in [1.165, 1.54) is 11.9 Å². The number of hydrogen-bond donors (Lipinski definition) is 3. The molecule has 0 spiro atoms. The van der Waals surface area contributed by atoms with Crippen molar-refractivity contribution in [2.75, 3.05) is 0 Å². The van der Waals surface area contributed by atoms with Crippen LogP contribution in [0.25, 0.3) is 0 Å². The molecule has 0 atom stereocenters. The number of nitrogens with two attached hydrogens (primary N) is 2. The Morgan fingerprint density at radius 3 is 1.80 bits per heavy atom. The topological polar surface area (TPSA) is 74.0 Å². The van der Waals surface area contributed by atoms with E-state index in [-0.39, 0.29) is 0 Å². The Morgan fingerprint density at radius 2 is 1.80 bits per heavy atom. The molecule has 1 heterocycles. The quantitative estimate of drug-likeness (QED) is 0.198. The molecule has 1 aliphatic rings. The second-order valence-electron chi connectivity index (χ2n) is 0.997. The van der Waals surface area contributed by atoms with Crippen molar-refractivity contribution in [3.8, 4) is 0 Å². The van der Waals surface area contributed by atoms with Crippen LogP contribution >= 0.6 is 11.9 Å². The third-order valence-corrected chi connectivity index (χ3v) is 1.01. The normalized spacial score (nSPS) is 30.0. The summed E-state index contributed by atoms with van der Waals surface area (Å²) in [7, 11) is 0. The molecule has 30 valence electrons. The number of rotatable bonds is 0. The van der Waals surface area contributed by atoms with Crippen LogP contribution in [0.1, 0.15) is 0 Å². The zero-order valence-electron chi connectivity index (χ0n) is 2.56. The maximum absolute atomic E-state index is 5.09. The fourth-order valence-electron chi connectivity index (χ4n) is 0.0589. The highest BCUT2D eigenvalue weighted by atomic mass is 32.2. The monoisotopic (exact) mass is 91.0 g/mol. The van der Waals surface area contributed by atoms with E-state index in [1.807, 2.05) is 0 Å². The van der Waals surface area contributed by atoms with Gasteiger partial charge >= 0.3 is 0 Å². The fraction of sp³-hybridized carbons (Fsp3) is 1.00. The molecule has 0 saturated carbocycles. The van der Waals surface area contributed by atoms with Gasteiger partial charge in [-0.1, -0.05) is 0 Å². The Balaban J connectivity index is 2.38. The Hall–Kier alpha value is 0.230. The van der Waals surface area contributed by atoms with Gasteiger partial charge in [-0.2, -0.15) is 0 Å². The standard InChI is InChI=1S/CH5N3S/c2-1(3)4-5-1/h4H,2-3H2. The molecule has 0 unspecified atom stereocenters. The maximum Gasteiger partial charge on any atom is 0.191 e. The molecule has 1 fully saturated rings. The van der Waals surface area contributed by atoms with Gasteiger partial charge in [-0.25, -0.2) is 4.72 Å². The average Bonchev–Trinajstić information content (AvgIpc) is 1.76. The van der Waals surface area contributed by atoms with E-state index >= 15 is 0 Å². The van der Waals surface area contributed by atoms with Crippen LogP contribution in [0.2, 0.25) is 0 Å². The lowest BCUT2D eigenvalue weighted by Crippen LogP contribution is -2.36. The third-order valence-electron chi connectivity index (χ3n) is 0.338. The summed E-state index contributed by atoms with van der Waals surface area (Å²) in [4.78, 5) is 0. The molecule has 0 aromatic rings. The van der Waals surface area contributed by atoms with Crippen molar-refractivity contribution >= 4 is 11.9 Å². The van der Waals surface area contributed by atoms with Crippen LogP contribution in [0.15, 0.2) is 0 Å². The van der Waals surface area contributed by atoms with Gasteiger partial charge < -0.3 is 0 Å². The fourth-order valence-corrected chi connectivity index (χ4v) is 0.177. The second-order valence-corrected chi connectivity index (χ2v) is 2.08. The Labute approximate surface area is 34.2 Å². The molecular formula is CH5N3S. The summed E-state index contributed by atoms with van der Waals surface area (Å²) >= 11 is 1.33. The summed E-state index contributed by atoms with van der Waals surface area (Å²) in [5.41, 5.74) is 10.2. The van der Waals surface area contributed by atoms with Crippen molar-refractivity contribution < 1.29 is 0 Å². The van der Waals surface area contributed by atoms with Gasteiger partial charge in [0.1, 0.15) is 0 Å². The molecule has 0 aromatic heterocycles. The number of hydrogen-bond acceptors (Lipinski definition) is 4. The summed E-state index contributed by atoms with van der Waals surface area (Å²) in [5, 5.41) is -0.583. The minimum Gasteiger partial charge on any atom is -0.290 e. The van der Waals surface area contributed by atoms with Crippen LogP contribution < -0.4 is 16.2 Å². The van der Waals surface area contributed by atoms with Gasteiger partial charge in [-0.3, -0.25) is 11.5 Å². The Kier molecular flexibility index (Phi) is 0.446. The summed E-state index contributed by atoms with van der Waals surface area (Å²) in [6.07, 6.45) is 0. The molecule has 1 rings (SSSR count). The van der Waals surface area contributed by atoms with E-state index in [1.54, 1.807) is 0 Å². The summed E-state index contributed by atoms with van der Waals surface area (Å²) in [5.74, 6) is 0. The number of nitrogens with one attached hydrogen (secondary N) is 1. The predicted molar refractivity (Wildman–Crippen MR) is 21.8 cm³/mol. The van der Waals surface area contributed by atoms with E-state index in [2.05, 4.69) is 4.72 Å². The summed E-state index contributed by atoms with van der Waals surface area (Å²) in [6.45, 7) is 0. The molecule has 0 radical (unpaired) electrons. The smallest absolute Gasteiger partial charge is 0.191 e. The van der Waals surface area contributed by atoms with E-state index in [0.717, 1.165) is 0 Å². The van der Waals surface area contributed by atoms with Gasteiger partial charge in [0.05, 0.1) is 0 Å². The zero-order valence-corrected chi connectivity index (χ0v) is 3.38. The van der Waals surface area contributed by atoms with Crippen molar-refractivity contribution in [1.29, 1.82) is 0 Å². The maximum atomic E-state index is 5.09. The van der Waals surface area contributed by atoms with Gasteiger partial charge in [-0.05, 0) is 11.9 Å². The first kappa shape index (κ1) is 3.42. The zero-order chi connectivity index (χ0) is 3.91. The first-order valence-corrected chi connectivity index (χ1v) is 2.05. The molecule has 0 aromatic carbocycles. The largest absolute Gasteiger partial charge is 0.290 e. The lowest BCUT2D eigenvalue weighted by Gasteiger charge is -1.84. The molecule has 5 N–H and O–H groups in total. The average molecular weight is 91.1 g/mol. The van der Waals surface area contributed by atoms with Crippen LogP contribution in [0.5, 0.6) is 0 Å². The molecule has 5 heavy (non-hydrogen) atoms.